The number of nitrogens with one attached hydrogen (secondary N) is 2. The van der Waals surface area contributed by atoms with Crippen molar-refractivity contribution in [3.8, 4) is 11.1 Å². The first-order chi connectivity index (χ1) is 12.3. The van der Waals surface area contributed by atoms with Gasteiger partial charge in [-0.3, -0.25) is 4.68 Å². The van der Waals surface area contributed by atoms with E-state index in [4.69, 9.17) is 4.98 Å². The average molecular weight is 341 g/mol. The van der Waals surface area contributed by atoms with Crippen molar-refractivity contribution in [3.05, 3.63) is 30.4 Å². The van der Waals surface area contributed by atoms with Crippen LogP contribution < -0.4 is 10.6 Å². The minimum Gasteiger partial charge on any atom is -0.395 e. The zero-order valence-corrected chi connectivity index (χ0v) is 14.3. The van der Waals surface area contributed by atoms with Crippen molar-refractivity contribution in [2.24, 2.45) is 7.05 Å². The number of rotatable bonds is 5. The predicted molar refractivity (Wildman–Crippen MR) is 95.6 cm³/mol. The van der Waals surface area contributed by atoms with E-state index in [1.54, 1.807) is 9.20 Å². The Hall–Kier alpha value is -2.45. The first kappa shape index (κ1) is 16.0. The lowest BCUT2D eigenvalue weighted by molar-refractivity contribution is 0.311. The van der Waals surface area contributed by atoms with Gasteiger partial charge in [-0.1, -0.05) is 0 Å². The summed E-state index contributed by atoms with van der Waals surface area (Å²) >= 11 is 0. The summed E-state index contributed by atoms with van der Waals surface area (Å²) in [6.07, 6.45) is 7.91. The van der Waals surface area contributed by atoms with E-state index in [2.05, 4.69) is 26.9 Å². The Balaban J connectivity index is 1.82. The zero-order chi connectivity index (χ0) is 17.2. The van der Waals surface area contributed by atoms with E-state index in [9.17, 15) is 5.11 Å². The number of nitrogens with zero attached hydrogens (tertiary/aromatic N) is 5. The molecule has 0 aromatic carbocycles. The summed E-state index contributed by atoms with van der Waals surface area (Å²) in [7, 11) is 1.90. The van der Waals surface area contributed by atoms with E-state index in [1.807, 2.05) is 25.6 Å². The zero-order valence-electron chi connectivity index (χ0n) is 14.3. The second-order valence-corrected chi connectivity index (χ2v) is 6.46. The molecular weight excluding hydrogens is 318 g/mol. The highest BCUT2D eigenvalue weighted by atomic mass is 16.3. The van der Waals surface area contributed by atoms with Crippen LogP contribution in [0.3, 0.4) is 0 Å². The lowest BCUT2D eigenvalue weighted by Crippen LogP contribution is -2.29. The normalized spacial score (nSPS) is 17.9. The summed E-state index contributed by atoms with van der Waals surface area (Å²) < 4.78 is 3.58. The van der Waals surface area contributed by atoms with Crippen molar-refractivity contribution >= 4 is 11.5 Å². The minimum atomic E-state index is 0.0703. The molecule has 1 saturated heterocycles. The number of aromatic nitrogens is 5. The van der Waals surface area contributed by atoms with Gasteiger partial charge in [-0.2, -0.15) is 14.7 Å². The average Bonchev–Trinajstić information content (AvgIpc) is 3.26. The van der Waals surface area contributed by atoms with Crippen LogP contribution in [-0.2, 0) is 7.05 Å². The van der Waals surface area contributed by atoms with Gasteiger partial charge >= 0.3 is 0 Å². The molecule has 1 aliphatic rings. The molecule has 4 rings (SSSR count). The first-order valence-electron chi connectivity index (χ1n) is 8.69. The molecule has 3 aromatic rings. The maximum absolute atomic E-state index is 9.17. The SMILES string of the molecule is Cn1cc(-c2cnn3c(NCCO)cc(C4CCCNC4)nc23)cn1. The highest BCUT2D eigenvalue weighted by molar-refractivity contribution is 5.77. The van der Waals surface area contributed by atoms with Crippen LogP contribution in [0.15, 0.2) is 24.7 Å². The summed E-state index contributed by atoms with van der Waals surface area (Å²) in [5, 5.41) is 24.6. The van der Waals surface area contributed by atoms with Gasteiger partial charge in [0.25, 0.3) is 0 Å². The van der Waals surface area contributed by atoms with Crippen LogP contribution in [0.2, 0.25) is 0 Å². The lowest BCUT2D eigenvalue weighted by atomic mass is 9.96. The smallest absolute Gasteiger partial charge is 0.165 e. The van der Waals surface area contributed by atoms with Crippen LogP contribution >= 0.6 is 0 Å². The maximum Gasteiger partial charge on any atom is 0.165 e. The summed E-state index contributed by atoms with van der Waals surface area (Å²) in [4.78, 5) is 4.93. The Kier molecular flexibility index (Phi) is 4.37. The van der Waals surface area contributed by atoms with E-state index in [1.165, 1.54) is 0 Å². The van der Waals surface area contributed by atoms with Crippen LogP contribution in [0.5, 0.6) is 0 Å². The van der Waals surface area contributed by atoms with E-state index in [-0.39, 0.29) is 6.61 Å². The maximum atomic E-state index is 9.17. The van der Waals surface area contributed by atoms with E-state index in [0.717, 1.165) is 54.2 Å². The van der Waals surface area contributed by atoms with E-state index >= 15 is 0 Å². The van der Waals surface area contributed by atoms with Crippen LogP contribution in [-0.4, -0.2) is 55.7 Å². The Morgan fingerprint density at radius 3 is 3.00 bits per heavy atom. The molecule has 8 nitrogen and oxygen atoms in total. The summed E-state index contributed by atoms with van der Waals surface area (Å²) in [5.74, 6) is 1.25. The molecule has 4 heterocycles. The van der Waals surface area contributed by atoms with Crippen LogP contribution in [0, 0.1) is 0 Å². The summed E-state index contributed by atoms with van der Waals surface area (Å²) in [6.45, 7) is 2.56. The molecule has 132 valence electrons. The lowest BCUT2D eigenvalue weighted by Gasteiger charge is -2.23. The Morgan fingerprint density at radius 1 is 1.36 bits per heavy atom. The molecule has 8 heteroatoms. The van der Waals surface area contributed by atoms with Crippen molar-refractivity contribution in [3.63, 3.8) is 0 Å². The van der Waals surface area contributed by atoms with Gasteiger partial charge in [0.05, 0.1) is 24.7 Å². The molecule has 0 amide bonds. The third-order valence-corrected chi connectivity index (χ3v) is 4.64. The van der Waals surface area contributed by atoms with Gasteiger partial charge in [0, 0.05) is 49.4 Å². The quantitative estimate of drug-likeness (QED) is 0.641. The number of aryl methyl sites for hydroxylation is 1. The van der Waals surface area contributed by atoms with Crippen LogP contribution in [0.1, 0.15) is 24.5 Å². The second kappa shape index (κ2) is 6.81. The molecule has 25 heavy (non-hydrogen) atoms. The molecule has 1 unspecified atom stereocenters. The van der Waals surface area contributed by atoms with E-state index < -0.39 is 0 Å². The summed E-state index contributed by atoms with van der Waals surface area (Å²) in [6, 6.07) is 2.06. The number of hydrogen-bond donors (Lipinski definition) is 3. The number of hydrogen-bond acceptors (Lipinski definition) is 6. The number of anilines is 1. The summed E-state index contributed by atoms with van der Waals surface area (Å²) in [5.41, 5.74) is 3.84. The monoisotopic (exact) mass is 341 g/mol. The van der Waals surface area contributed by atoms with Crippen molar-refractivity contribution < 1.29 is 5.11 Å². The fourth-order valence-corrected chi connectivity index (χ4v) is 3.37. The third kappa shape index (κ3) is 3.10. The third-order valence-electron chi connectivity index (χ3n) is 4.64. The van der Waals surface area contributed by atoms with Gasteiger partial charge in [-0.15, -0.1) is 0 Å². The first-order valence-corrected chi connectivity index (χ1v) is 8.69. The van der Waals surface area contributed by atoms with Crippen molar-refractivity contribution in [2.75, 3.05) is 31.6 Å². The molecule has 0 radical (unpaired) electrons. The Morgan fingerprint density at radius 2 is 2.28 bits per heavy atom. The molecule has 1 fully saturated rings. The van der Waals surface area contributed by atoms with Crippen LogP contribution in [0.4, 0.5) is 5.82 Å². The van der Waals surface area contributed by atoms with Crippen molar-refractivity contribution in [1.29, 1.82) is 0 Å². The fraction of sp³-hybridized carbons (Fsp3) is 0.471. The minimum absolute atomic E-state index is 0.0703. The van der Waals surface area contributed by atoms with Crippen molar-refractivity contribution in [1.82, 2.24) is 29.7 Å². The molecule has 3 N–H and O–H groups in total. The number of piperidine rings is 1. The molecule has 3 aromatic heterocycles. The fourth-order valence-electron chi connectivity index (χ4n) is 3.37. The van der Waals surface area contributed by atoms with Gasteiger partial charge in [0.1, 0.15) is 5.82 Å². The van der Waals surface area contributed by atoms with Gasteiger partial charge in [-0.05, 0) is 19.4 Å². The highest BCUT2D eigenvalue weighted by Crippen LogP contribution is 2.29. The number of aliphatic hydroxyl groups is 1. The molecule has 0 bridgehead atoms. The highest BCUT2D eigenvalue weighted by Gasteiger charge is 2.20. The van der Waals surface area contributed by atoms with Gasteiger partial charge in [-0.25, -0.2) is 4.98 Å². The number of aliphatic hydroxyl groups excluding tert-OH is 1. The second-order valence-electron chi connectivity index (χ2n) is 6.46. The predicted octanol–water partition coefficient (Wildman–Crippen LogP) is 1.00. The topological polar surface area (TPSA) is 92.3 Å². The van der Waals surface area contributed by atoms with E-state index in [0.29, 0.717) is 12.5 Å². The molecule has 1 aliphatic heterocycles. The van der Waals surface area contributed by atoms with Crippen molar-refractivity contribution in [2.45, 2.75) is 18.8 Å². The largest absolute Gasteiger partial charge is 0.395 e. The molecular formula is C17H23N7O. The molecule has 0 aliphatic carbocycles. The molecule has 0 spiro atoms. The van der Waals surface area contributed by atoms with Gasteiger partial charge in [0.2, 0.25) is 0 Å². The van der Waals surface area contributed by atoms with Crippen LogP contribution in [0.25, 0.3) is 16.8 Å². The molecule has 0 saturated carbocycles. The van der Waals surface area contributed by atoms with Gasteiger partial charge < -0.3 is 15.7 Å². The number of fused-ring (bicyclic) bond motifs is 1. The van der Waals surface area contributed by atoms with Gasteiger partial charge in [0.15, 0.2) is 5.65 Å². The molecule has 1 atom stereocenters. The standard InChI is InChI=1S/C17H23N7O/c1-23-11-13(9-20-23)14-10-21-24-16(19-5-6-25)7-15(22-17(14)24)12-3-2-4-18-8-12/h7,9-12,18-19,25H,2-6,8H2,1H3. The Labute approximate surface area is 145 Å². The Bertz CT molecular complexity index is 863.